The van der Waals surface area contributed by atoms with Crippen molar-refractivity contribution in [1.82, 2.24) is 5.32 Å². The minimum Gasteiger partial charge on any atom is -0.444 e. The molecule has 1 rings (SSSR count). The van der Waals surface area contributed by atoms with Gasteiger partial charge in [0.15, 0.2) is 0 Å². The molecule has 0 fully saturated rings. The number of amides is 1. The summed E-state index contributed by atoms with van der Waals surface area (Å²) >= 11 is 0. The highest BCUT2D eigenvalue weighted by Gasteiger charge is 2.27. The zero-order valence-corrected chi connectivity index (χ0v) is 12.5. The number of nitro groups is 1. The molecule has 0 bridgehead atoms. The summed E-state index contributed by atoms with van der Waals surface area (Å²) in [6.07, 6.45) is -1.90. The van der Waals surface area contributed by atoms with Crippen molar-refractivity contribution in [1.29, 1.82) is 0 Å². The first-order valence-electron chi connectivity index (χ1n) is 6.52. The molecule has 0 aliphatic heterocycles. The van der Waals surface area contributed by atoms with Crippen LogP contribution in [0.15, 0.2) is 24.3 Å². The molecule has 2 atom stereocenters. The lowest BCUT2D eigenvalue weighted by molar-refractivity contribution is -0.386. The van der Waals surface area contributed by atoms with Gasteiger partial charge in [-0.1, -0.05) is 12.1 Å². The van der Waals surface area contributed by atoms with Crippen LogP contribution in [0.2, 0.25) is 0 Å². The highest BCUT2D eigenvalue weighted by atomic mass is 16.6. The lowest BCUT2D eigenvalue weighted by Crippen LogP contribution is -2.40. The van der Waals surface area contributed by atoms with E-state index in [0.717, 1.165) is 0 Å². The summed E-state index contributed by atoms with van der Waals surface area (Å²) in [6, 6.07) is 5.13. The SMILES string of the molecule is C[C@H](NC(=O)OC(C)(C)C)C(O)c1ccccc1[N+](=O)[O-]. The van der Waals surface area contributed by atoms with Crippen molar-refractivity contribution in [3.63, 3.8) is 0 Å². The van der Waals surface area contributed by atoms with Gasteiger partial charge in [0.1, 0.15) is 11.7 Å². The number of aliphatic hydroxyl groups is 1. The fraction of sp³-hybridized carbons (Fsp3) is 0.500. The quantitative estimate of drug-likeness (QED) is 0.656. The van der Waals surface area contributed by atoms with E-state index in [1.165, 1.54) is 18.2 Å². The Morgan fingerprint density at radius 1 is 1.38 bits per heavy atom. The van der Waals surface area contributed by atoms with E-state index in [-0.39, 0.29) is 11.3 Å². The number of nitro benzene ring substituents is 1. The third-order valence-electron chi connectivity index (χ3n) is 2.67. The minimum atomic E-state index is -1.21. The molecule has 0 aliphatic carbocycles. The summed E-state index contributed by atoms with van der Waals surface area (Å²) < 4.78 is 5.08. The average molecular weight is 296 g/mol. The summed E-state index contributed by atoms with van der Waals surface area (Å²) in [4.78, 5) is 22.0. The molecular formula is C14H20N2O5. The first kappa shape index (κ1) is 16.9. The van der Waals surface area contributed by atoms with Crippen LogP contribution in [0.3, 0.4) is 0 Å². The second-order valence-corrected chi connectivity index (χ2v) is 5.70. The van der Waals surface area contributed by atoms with Gasteiger partial charge in [-0.3, -0.25) is 10.1 Å². The molecule has 116 valence electrons. The molecule has 0 aliphatic rings. The molecule has 7 heteroatoms. The van der Waals surface area contributed by atoms with Crippen molar-refractivity contribution in [2.24, 2.45) is 0 Å². The molecule has 21 heavy (non-hydrogen) atoms. The van der Waals surface area contributed by atoms with E-state index < -0.39 is 28.8 Å². The van der Waals surface area contributed by atoms with Crippen molar-refractivity contribution in [3.05, 3.63) is 39.9 Å². The molecule has 0 aromatic heterocycles. The lowest BCUT2D eigenvalue weighted by Gasteiger charge is -2.24. The number of ether oxygens (including phenoxy) is 1. The molecule has 0 radical (unpaired) electrons. The fourth-order valence-electron chi connectivity index (χ4n) is 1.75. The highest BCUT2D eigenvalue weighted by molar-refractivity contribution is 5.68. The smallest absolute Gasteiger partial charge is 0.407 e. The summed E-state index contributed by atoms with van der Waals surface area (Å²) in [5.41, 5.74) is -0.707. The Balaban J connectivity index is 2.82. The Kier molecular flexibility index (Phi) is 5.26. The highest BCUT2D eigenvalue weighted by Crippen LogP contribution is 2.26. The van der Waals surface area contributed by atoms with Gasteiger partial charge in [0.05, 0.1) is 16.5 Å². The number of hydrogen-bond donors (Lipinski definition) is 2. The monoisotopic (exact) mass is 296 g/mol. The number of benzene rings is 1. The van der Waals surface area contributed by atoms with Crippen LogP contribution in [-0.4, -0.2) is 27.8 Å². The summed E-state index contributed by atoms with van der Waals surface area (Å²) in [7, 11) is 0. The van der Waals surface area contributed by atoms with Gasteiger partial charge in [0.2, 0.25) is 0 Å². The number of alkyl carbamates (subject to hydrolysis) is 1. The average Bonchev–Trinajstić information content (AvgIpc) is 2.35. The van der Waals surface area contributed by atoms with Crippen LogP contribution in [0.4, 0.5) is 10.5 Å². The van der Waals surface area contributed by atoms with E-state index in [1.807, 2.05) is 0 Å². The van der Waals surface area contributed by atoms with Crippen LogP contribution < -0.4 is 5.32 Å². The molecular weight excluding hydrogens is 276 g/mol. The number of carbonyl (C=O) groups is 1. The maximum Gasteiger partial charge on any atom is 0.407 e. The Morgan fingerprint density at radius 3 is 2.48 bits per heavy atom. The maximum atomic E-state index is 11.6. The Bertz CT molecular complexity index is 524. The molecule has 0 heterocycles. The largest absolute Gasteiger partial charge is 0.444 e. The van der Waals surface area contributed by atoms with Gasteiger partial charge in [-0.2, -0.15) is 0 Å². The molecule has 7 nitrogen and oxygen atoms in total. The fourth-order valence-corrected chi connectivity index (χ4v) is 1.75. The van der Waals surface area contributed by atoms with Crippen molar-refractivity contribution < 1.29 is 19.6 Å². The zero-order valence-electron chi connectivity index (χ0n) is 12.5. The standard InChI is InChI=1S/C14H20N2O5/c1-9(15-13(18)21-14(2,3)4)12(17)10-7-5-6-8-11(10)16(19)20/h5-9,12,17H,1-4H3,(H,15,18)/t9-,12?/m0/s1. The first-order valence-corrected chi connectivity index (χ1v) is 6.52. The Morgan fingerprint density at radius 2 is 1.95 bits per heavy atom. The van der Waals surface area contributed by atoms with Gasteiger partial charge in [0.25, 0.3) is 5.69 Å². The van der Waals surface area contributed by atoms with E-state index in [9.17, 15) is 20.0 Å². The first-order chi connectivity index (χ1) is 9.61. The Hall–Kier alpha value is -2.15. The number of carbonyl (C=O) groups excluding carboxylic acids is 1. The molecule has 2 N–H and O–H groups in total. The summed E-state index contributed by atoms with van der Waals surface area (Å²) in [5, 5.41) is 23.6. The number of para-hydroxylation sites is 1. The number of rotatable bonds is 4. The predicted octanol–water partition coefficient (Wildman–Crippen LogP) is 2.54. The van der Waals surface area contributed by atoms with Gasteiger partial charge in [-0.05, 0) is 33.8 Å². The minimum absolute atomic E-state index is 0.144. The van der Waals surface area contributed by atoms with Crippen molar-refractivity contribution in [2.45, 2.75) is 45.4 Å². The van der Waals surface area contributed by atoms with E-state index in [1.54, 1.807) is 33.8 Å². The molecule has 1 aromatic rings. The van der Waals surface area contributed by atoms with Crippen molar-refractivity contribution in [3.8, 4) is 0 Å². The predicted molar refractivity (Wildman–Crippen MR) is 76.9 cm³/mol. The van der Waals surface area contributed by atoms with Crippen LogP contribution >= 0.6 is 0 Å². The van der Waals surface area contributed by atoms with Gasteiger partial charge < -0.3 is 15.2 Å². The topological polar surface area (TPSA) is 102 Å². The maximum absolute atomic E-state index is 11.6. The second-order valence-electron chi connectivity index (χ2n) is 5.70. The number of aliphatic hydroxyl groups excluding tert-OH is 1. The molecule has 0 saturated heterocycles. The van der Waals surface area contributed by atoms with Crippen LogP contribution in [0.1, 0.15) is 39.4 Å². The molecule has 1 unspecified atom stereocenters. The molecule has 1 amide bonds. The van der Waals surface area contributed by atoms with Crippen LogP contribution in [-0.2, 0) is 4.74 Å². The second kappa shape index (κ2) is 6.53. The van der Waals surface area contributed by atoms with Gasteiger partial charge >= 0.3 is 6.09 Å². The van der Waals surface area contributed by atoms with Gasteiger partial charge in [-0.15, -0.1) is 0 Å². The number of nitrogens with zero attached hydrogens (tertiary/aromatic N) is 1. The third-order valence-corrected chi connectivity index (χ3v) is 2.67. The third kappa shape index (κ3) is 5.03. The van der Waals surface area contributed by atoms with Gasteiger partial charge in [0, 0.05) is 6.07 Å². The summed E-state index contributed by atoms with van der Waals surface area (Å²) in [5.74, 6) is 0. The zero-order chi connectivity index (χ0) is 16.2. The normalized spacial score (nSPS) is 14.1. The molecule has 0 saturated carbocycles. The van der Waals surface area contributed by atoms with Crippen molar-refractivity contribution >= 4 is 11.8 Å². The van der Waals surface area contributed by atoms with Crippen LogP contribution in [0, 0.1) is 10.1 Å². The van der Waals surface area contributed by atoms with Gasteiger partial charge in [-0.25, -0.2) is 4.79 Å². The summed E-state index contributed by atoms with van der Waals surface area (Å²) in [6.45, 7) is 6.70. The number of nitrogens with one attached hydrogen (secondary N) is 1. The van der Waals surface area contributed by atoms with Crippen LogP contribution in [0.25, 0.3) is 0 Å². The van der Waals surface area contributed by atoms with Crippen molar-refractivity contribution in [2.75, 3.05) is 0 Å². The van der Waals surface area contributed by atoms with E-state index in [4.69, 9.17) is 4.74 Å². The van der Waals surface area contributed by atoms with E-state index in [2.05, 4.69) is 5.32 Å². The number of hydrogen-bond acceptors (Lipinski definition) is 5. The van der Waals surface area contributed by atoms with E-state index >= 15 is 0 Å². The van der Waals surface area contributed by atoms with E-state index in [0.29, 0.717) is 0 Å². The van der Waals surface area contributed by atoms with Crippen LogP contribution in [0.5, 0.6) is 0 Å². The molecule has 0 spiro atoms. The molecule has 1 aromatic carbocycles. The Labute approximate surface area is 123 Å². The lowest BCUT2D eigenvalue weighted by atomic mass is 10.0.